The smallest absolute Gasteiger partial charge is 0.232 e. The van der Waals surface area contributed by atoms with Crippen LogP contribution in [0.25, 0.3) is 0 Å². The van der Waals surface area contributed by atoms with E-state index in [-0.39, 0.29) is 22.9 Å². The second kappa shape index (κ2) is 4.70. The molecule has 0 bridgehead atoms. The third kappa shape index (κ3) is 2.42. The van der Waals surface area contributed by atoms with E-state index in [9.17, 15) is 9.90 Å². The number of β-amino-alcohol motifs (C(OH)–C–C–N with tert-alkyl or cyclic N) is 1. The molecule has 14 heavy (non-hydrogen) atoms. The average Bonchev–Trinajstić information content (AvgIpc) is 2.52. The molecule has 0 aromatic heterocycles. The first-order chi connectivity index (χ1) is 6.56. The van der Waals surface area contributed by atoms with Gasteiger partial charge in [-0.15, -0.1) is 0 Å². The molecule has 2 unspecified atom stereocenters. The van der Waals surface area contributed by atoms with Gasteiger partial charge in [-0.2, -0.15) is 0 Å². The topological polar surface area (TPSA) is 66.6 Å². The van der Waals surface area contributed by atoms with Gasteiger partial charge in [0.05, 0.1) is 17.0 Å². The van der Waals surface area contributed by atoms with Crippen molar-refractivity contribution in [1.82, 2.24) is 4.90 Å². The highest BCUT2D eigenvalue weighted by Crippen LogP contribution is 2.15. The summed E-state index contributed by atoms with van der Waals surface area (Å²) in [5.41, 5.74) is 5.47. The van der Waals surface area contributed by atoms with Crippen molar-refractivity contribution in [2.24, 2.45) is 11.7 Å². The molecule has 0 saturated carbocycles. The number of nitrogens with two attached hydrogens (primary N) is 1. The molecule has 0 radical (unpaired) electrons. The Morgan fingerprint density at radius 1 is 1.79 bits per heavy atom. The number of nitrogens with zero attached hydrogens (tertiary/aromatic N) is 1. The summed E-state index contributed by atoms with van der Waals surface area (Å²) in [5.74, 6) is -0.410. The van der Waals surface area contributed by atoms with E-state index in [1.807, 2.05) is 6.92 Å². The molecule has 1 saturated heterocycles. The molecule has 3 N–H and O–H groups in total. The number of likely N-dealkylation sites (tertiary alicyclic amines) is 1. The normalized spacial score (nSPS) is 23.6. The summed E-state index contributed by atoms with van der Waals surface area (Å²) in [7, 11) is 0. The molecule has 1 heterocycles. The summed E-state index contributed by atoms with van der Waals surface area (Å²) >= 11 is 4.83. The Labute approximate surface area is 89.1 Å². The Bertz CT molecular complexity index is 245. The highest BCUT2D eigenvalue weighted by molar-refractivity contribution is 7.80. The zero-order chi connectivity index (χ0) is 10.7. The Morgan fingerprint density at radius 3 is 2.79 bits per heavy atom. The van der Waals surface area contributed by atoms with Gasteiger partial charge >= 0.3 is 0 Å². The number of aliphatic hydroxyl groups excluding tert-OH is 1. The number of hydrogen-bond acceptors (Lipinski definition) is 3. The van der Waals surface area contributed by atoms with E-state index in [4.69, 9.17) is 18.0 Å². The van der Waals surface area contributed by atoms with Crippen molar-refractivity contribution in [3.8, 4) is 0 Å². The lowest BCUT2D eigenvalue weighted by atomic mass is 10.1. The van der Waals surface area contributed by atoms with Crippen molar-refractivity contribution < 1.29 is 9.90 Å². The third-order valence-corrected chi connectivity index (χ3v) is 2.81. The van der Waals surface area contributed by atoms with E-state index in [0.717, 1.165) is 0 Å². The van der Waals surface area contributed by atoms with E-state index in [1.165, 1.54) is 0 Å². The summed E-state index contributed by atoms with van der Waals surface area (Å²) in [5, 5.41) is 9.28. The zero-order valence-electron chi connectivity index (χ0n) is 8.27. The number of hydrogen-bond donors (Lipinski definition) is 2. The molecule has 0 aromatic rings. The van der Waals surface area contributed by atoms with Crippen LogP contribution in [0.5, 0.6) is 0 Å². The van der Waals surface area contributed by atoms with Crippen molar-refractivity contribution in [1.29, 1.82) is 0 Å². The van der Waals surface area contributed by atoms with Crippen LogP contribution in [0.4, 0.5) is 0 Å². The van der Waals surface area contributed by atoms with E-state index < -0.39 is 0 Å². The lowest BCUT2D eigenvalue weighted by Gasteiger charge is -2.21. The van der Waals surface area contributed by atoms with Gasteiger partial charge < -0.3 is 15.7 Å². The van der Waals surface area contributed by atoms with Crippen LogP contribution >= 0.6 is 12.2 Å². The van der Waals surface area contributed by atoms with Gasteiger partial charge in [0.2, 0.25) is 5.91 Å². The molecule has 1 rings (SSSR count). The van der Waals surface area contributed by atoms with Gasteiger partial charge in [-0.05, 0) is 12.8 Å². The number of thiocarbonyl (C=S) groups is 1. The van der Waals surface area contributed by atoms with Crippen LogP contribution in [0.1, 0.15) is 19.8 Å². The lowest BCUT2D eigenvalue weighted by Crippen LogP contribution is -2.40. The summed E-state index contributed by atoms with van der Waals surface area (Å²) in [6, 6.07) is 0. The van der Waals surface area contributed by atoms with E-state index in [1.54, 1.807) is 4.90 Å². The van der Waals surface area contributed by atoms with Gasteiger partial charge in [0.1, 0.15) is 0 Å². The van der Waals surface area contributed by atoms with Crippen molar-refractivity contribution in [2.75, 3.05) is 13.1 Å². The number of aliphatic hydroxyl groups is 1. The summed E-state index contributed by atoms with van der Waals surface area (Å²) in [4.78, 5) is 13.7. The molecule has 5 heteroatoms. The molecular weight excluding hydrogens is 200 g/mol. The van der Waals surface area contributed by atoms with Gasteiger partial charge in [0.25, 0.3) is 0 Å². The Morgan fingerprint density at radius 2 is 2.43 bits per heavy atom. The van der Waals surface area contributed by atoms with E-state index in [2.05, 4.69) is 0 Å². The van der Waals surface area contributed by atoms with E-state index in [0.29, 0.717) is 25.9 Å². The van der Waals surface area contributed by atoms with E-state index >= 15 is 0 Å². The number of carbonyl (C=O) groups excluding carboxylic acids is 1. The molecule has 0 spiro atoms. The third-order valence-electron chi connectivity index (χ3n) is 2.52. The SMILES string of the molecule is CCC(C(=O)N1CCC(O)C1)C(N)=S. The predicted molar refractivity (Wildman–Crippen MR) is 57.8 cm³/mol. The van der Waals surface area contributed by atoms with Crippen LogP contribution in [0.15, 0.2) is 0 Å². The van der Waals surface area contributed by atoms with Gasteiger partial charge in [0.15, 0.2) is 0 Å². The first-order valence-electron chi connectivity index (χ1n) is 4.82. The van der Waals surface area contributed by atoms with Crippen LogP contribution in [-0.2, 0) is 4.79 Å². The maximum atomic E-state index is 11.8. The van der Waals surface area contributed by atoms with Gasteiger partial charge in [-0.1, -0.05) is 19.1 Å². The molecule has 80 valence electrons. The lowest BCUT2D eigenvalue weighted by molar-refractivity contribution is -0.132. The van der Waals surface area contributed by atoms with Crippen LogP contribution in [0.3, 0.4) is 0 Å². The molecule has 1 amide bonds. The minimum Gasteiger partial charge on any atom is -0.393 e. The van der Waals surface area contributed by atoms with Crippen LogP contribution in [-0.4, -0.2) is 40.1 Å². The van der Waals surface area contributed by atoms with Gasteiger partial charge in [0, 0.05) is 13.1 Å². The monoisotopic (exact) mass is 216 g/mol. The molecule has 4 nitrogen and oxygen atoms in total. The molecule has 2 atom stereocenters. The van der Waals surface area contributed by atoms with Gasteiger partial charge in [-0.25, -0.2) is 0 Å². The summed E-state index contributed by atoms with van der Waals surface area (Å²) < 4.78 is 0. The summed E-state index contributed by atoms with van der Waals surface area (Å²) in [6.07, 6.45) is 0.892. The van der Waals surface area contributed by atoms with Gasteiger partial charge in [-0.3, -0.25) is 4.79 Å². The minimum absolute atomic E-state index is 0.0449. The maximum Gasteiger partial charge on any atom is 0.232 e. The van der Waals surface area contributed by atoms with Crippen LogP contribution < -0.4 is 5.73 Å². The largest absolute Gasteiger partial charge is 0.393 e. The quantitative estimate of drug-likeness (QED) is 0.646. The standard InChI is InChI=1S/C9H16N2O2S/c1-2-7(8(10)14)9(13)11-4-3-6(12)5-11/h6-7,12H,2-5H2,1H3,(H2,10,14). The highest BCUT2D eigenvalue weighted by atomic mass is 32.1. The number of carbonyl (C=O) groups is 1. The summed E-state index contributed by atoms with van der Waals surface area (Å²) in [6.45, 7) is 2.91. The molecule has 1 fully saturated rings. The van der Waals surface area contributed by atoms with Crippen LogP contribution in [0, 0.1) is 5.92 Å². The van der Waals surface area contributed by atoms with Crippen molar-refractivity contribution >= 4 is 23.1 Å². The van der Waals surface area contributed by atoms with Crippen molar-refractivity contribution in [2.45, 2.75) is 25.9 Å². The zero-order valence-corrected chi connectivity index (χ0v) is 9.09. The molecule has 1 aliphatic rings. The fraction of sp³-hybridized carbons (Fsp3) is 0.778. The molecule has 1 aliphatic heterocycles. The first kappa shape index (κ1) is 11.4. The number of rotatable bonds is 3. The average molecular weight is 216 g/mol. The second-order valence-corrected chi connectivity index (χ2v) is 4.06. The second-order valence-electron chi connectivity index (χ2n) is 3.59. The molecule has 0 aliphatic carbocycles. The Hall–Kier alpha value is -0.680. The first-order valence-corrected chi connectivity index (χ1v) is 5.23. The maximum absolute atomic E-state index is 11.8. The van der Waals surface area contributed by atoms with Crippen molar-refractivity contribution in [3.05, 3.63) is 0 Å². The Balaban J connectivity index is 2.59. The van der Waals surface area contributed by atoms with Crippen LogP contribution in [0.2, 0.25) is 0 Å². The Kier molecular flexibility index (Phi) is 3.83. The molecule has 0 aromatic carbocycles. The predicted octanol–water partition coefficient (Wildman–Crippen LogP) is -0.108. The van der Waals surface area contributed by atoms with Crippen molar-refractivity contribution in [3.63, 3.8) is 0 Å². The molecular formula is C9H16N2O2S. The highest BCUT2D eigenvalue weighted by Gasteiger charge is 2.30. The number of amides is 1. The fourth-order valence-corrected chi connectivity index (χ4v) is 1.93. The minimum atomic E-state index is -0.386. The fourth-order valence-electron chi connectivity index (χ4n) is 1.66.